The third-order valence-electron chi connectivity index (χ3n) is 1.66. The van der Waals surface area contributed by atoms with E-state index in [1.54, 1.807) is 0 Å². The molecule has 0 aromatic rings. The number of rotatable bonds is 4. The largest absolute Gasteiger partial charge is 0.391 e. The molecule has 9 heteroatoms. The van der Waals surface area contributed by atoms with Crippen molar-refractivity contribution in [3.8, 4) is 0 Å². The second-order valence-corrected chi connectivity index (χ2v) is 4.31. The van der Waals surface area contributed by atoms with E-state index in [0.717, 1.165) is 6.92 Å². The second kappa shape index (κ2) is 4.96. The molecule has 0 rings (SSSR count). The molecule has 0 aromatic heterocycles. The van der Waals surface area contributed by atoms with Gasteiger partial charge in [0.2, 0.25) is 0 Å². The van der Waals surface area contributed by atoms with Crippen molar-refractivity contribution < 1.29 is 38.2 Å². The molecule has 0 amide bonds. The molecule has 0 radical (unpaired) electrons. The molecule has 0 heterocycles. The van der Waals surface area contributed by atoms with Crippen molar-refractivity contribution in [2.75, 3.05) is 0 Å². The Bertz CT molecular complexity index is 320. The molecule has 8 nitrogen and oxygen atoms in total. The average molecular weight is 244 g/mol. The van der Waals surface area contributed by atoms with Crippen LogP contribution in [0.15, 0.2) is 0 Å². The van der Waals surface area contributed by atoms with Gasteiger partial charge < -0.3 is 20.4 Å². The van der Waals surface area contributed by atoms with E-state index in [1.807, 2.05) is 0 Å². The first-order valence-electron chi connectivity index (χ1n) is 3.82. The first kappa shape index (κ1) is 14.4. The van der Waals surface area contributed by atoms with Crippen molar-refractivity contribution in [3.63, 3.8) is 0 Å². The molecule has 5 N–H and O–H groups in total. The van der Waals surface area contributed by atoms with Crippen molar-refractivity contribution >= 4 is 15.2 Å². The van der Waals surface area contributed by atoms with E-state index in [2.05, 4.69) is 0 Å². The van der Waals surface area contributed by atoms with Gasteiger partial charge in [-0.05, 0) is 6.92 Å². The standard InChI is InChI=1S/C6H12O8S/c1-2(7)3(8)4(9)5(10)6(11)15(12,13)14/h2-5,7-10H,1H3,(H,12,13,14). The van der Waals surface area contributed by atoms with Crippen molar-refractivity contribution in [1.29, 1.82) is 0 Å². The summed E-state index contributed by atoms with van der Waals surface area (Å²) in [5.74, 6) is 0. The summed E-state index contributed by atoms with van der Waals surface area (Å²) >= 11 is 0. The van der Waals surface area contributed by atoms with E-state index in [0.29, 0.717) is 0 Å². The predicted octanol–water partition coefficient (Wildman–Crippen LogP) is -3.14. The van der Waals surface area contributed by atoms with Crippen molar-refractivity contribution in [3.05, 3.63) is 0 Å². The Morgan fingerprint density at radius 2 is 1.47 bits per heavy atom. The van der Waals surface area contributed by atoms with Gasteiger partial charge in [-0.3, -0.25) is 9.35 Å². The summed E-state index contributed by atoms with van der Waals surface area (Å²) in [6, 6.07) is 0. The minimum Gasteiger partial charge on any atom is -0.391 e. The molecule has 4 unspecified atom stereocenters. The molecule has 15 heavy (non-hydrogen) atoms. The SMILES string of the molecule is CC(O)C(O)C(O)C(O)C(=O)S(=O)(=O)O. The number of carbonyl (C=O) groups is 1. The minimum atomic E-state index is -5.15. The van der Waals surface area contributed by atoms with Crippen LogP contribution in [-0.4, -0.2) is 62.9 Å². The monoisotopic (exact) mass is 244 g/mol. The predicted molar refractivity (Wildman–Crippen MR) is 46.3 cm³/mol. The molecule has 0 saturated heterocycles. The van der Waals surface area contributed by atoms with Crippen LogP contribution in [-0.2, 0) is 14.9 Å². The van der Waals surface area contributed by atoms with Crippen molar-refractivity contribution in [2.45, 2.75) is 31.3 Å². The molecule has 0 fully saturated rings. The van der Waals surface area contributed by atoms with Crippen LogP contribution in [0.5, 0.6) is 0 Å². The van der Waals surface area contributed by atoms with E-state index in [1.165, 1.54) is 0 Å². The molecular formula is C6H12O8S. The van der Waals surface area contributed by atoms with Gasteiger partial charge in [-0.15, -0.1) is 0 Å². The highest BCUT2D eigenvalue weighted by atomic mass is 32.2. The molecule has 0 aliphatic rings. The van der Waals surface area contributed by atoms with Crippen LogP contribution < -0.4 is 0 Å². The van der Waals surface area contributed by atoms with Crippen molar-refractivity contribution in [2.24, 2.45) is 0 Å². The van der Waals surface area contributed by atoms with Gasteiger partial charge in [0.15, 0.2) is 6.10 Å². The fourth-order valence-electron chi connectivity index (χ4n) is 0.764. The minimum absolute atomic E-state index is 1.05. The van der Waals surface area contributed by atoms with Crippen LogP contribution in [0.3, 0.4) is 0 Å². The normalized spacial score (nSPS) is 20.4. The van der Waals surface area contributed by atoms with Crippen LogP contribution in [0.25, 0.3) is 0 Å². The highest BCUT2D eigenvalue weighted by Crippen LogP contribution is 2.07. The van der Waals surface area contributed by atoms with Gasteiger partial charge in [0.25, 0.3) is 0 Å². The molecule has 0 saturated carbocycles. The van der Waals surface area contributed by atoms with E-state index < -0.39 is 39.6 Å². The smallest absolute Gasteiger partial charge is 0.331 e. The summed E-state index contributed by atoms with van der Waals surface area (Å²) in [7, 11) is -5.15. The van der Waals surface area contributed by atoms with Gasteiger partial charge in [0.05, 0.1) is 6.10 Å². The zero-order valence-electron chi connectivity index (χ0n) is 7.68. The van der Waals surface area contributed by atoms with Crippen molar-refractivity contribution in [1.82, 2.24) is 0 Å². The number of carbonyl (C=O) groups excluding carboxylic acids is 1. The summed E-state index contributed by atoms with van der Waals surface area (Å²) in [4.78, 5) is 10.7. The van der Waals surface area contributed by atoms with Gasteiger partial charge in [-0.1, -0.05) is 0 Å². The lowest BCUT2D eigenvalue weighted by molar-refractivity contribution is -0.136. The summed E-state index contributed by atoms with van der Waals surface area (Å²) in [5, 5.41) is 33.7. The van der Waals surface area contributed by atoms with Gasteiger partial charge in [-0.25, -0.2) is 0 Å². The molecule has 0 spiro atoms. The molecule has 0 aliphatic carbocycles. The number of aliphatic hydroxyl groups is 4. The van der Waals surface area contributed by atoms with Crippen LogP contribution in [0.2, 0.25) is 0 Å². The van der Waals surface area contributed by atoms with E-state index in [9.17, 15) is 13.2 Å². The van der Waals surface area contributed by atoms with Gasteiger partial charge in [-0.2, -0.15) is 8.42 Å². The summed E-state index contributed by atoms with van der Waals surface area (Å²) < 4.78 is 28.8. The lowest BCUT2D eigenvalue weighted by atomic mass is 10.1. The fourth-order valence-corrected chi connectivity index (χ4v) is 1.21. The van der Waals surface area contributed by atoms with E-state index >= 15 is 0 Å². The third kappa shape index (κ3) is 3.81. The molecule has 0 aromatic carbocycles. The summed E-state index contributed by atoms with van der Waals surface area (Å²) in [6.07, 6.45) is -8.13. The fraction of sp³-hybridized carbons (Fsp3) is 0.833. The Balaban J connectivity index is 4.73. The van der Waals surface area contributed by atoms with E-state index in [4.69, 9.17) is 25.0 Å². The van der Waals surface area contributed by atoms with E-state index in [-0.39, 0.29) is 0 Å². The maximum Gasteiger partial charge on any atom is 0.331 e. The molecule has 4 atom stereocenters. The number of hydrogen-bond acceptors (Lipinski definition) is 7. The molecular weight excluding hydrogens is 232 g/mol. The van der Waals surface area contributed by atoms with Crippen LogP contribution >= 0.6 is 0 Å². The second-order valence-electron chi connectivity index (χ2n) is 2.96. The average Bonchev–Trinajstić information content (AvgIpc) is 2.11. The summed E-state index contributed by atoms with van der Waals surface area (Å²) in [6.45, 7) is 1.05. The first-order valence-corrected chi connectivity index (χ1v) is 5.26. The lowest BCUT2D eigenvalue weighted by Crippen LogP contribution is -2.48. The van der Waals surface area contributed by atoms with Gasteiger partial charge >= 0.3 is 15.2 Å². The topological polar surface area (TPSA) is 152 Å². The Kier molecular flexibility index (Phi) is 4.77. The Labute approximate surface area is 85.5 Å². The van der Waals surface area contributed by atoms with Crippen LogP contribution in [0.1, 0.15) is 6.92 Å². The number of hydrogen-bond donors (Lipinski definition) is 5. The zero-order chi connectivity index (χ0) is 12.4. The highest BCUT2D eigenvalue weighted by molar-refractivity contribution is 8.01. The van der Waals surface area contributed by atoms with Crippen LogP contribution in [0, 0.1) is 0 Å². The molecule has 0 aliphatic heterocycles. The maximum absolute atomic E-state index is 10.7. The quantitative estimate of drug-likeness (QED) is 0.325. The zero-order valence-corrected chi connectivity index (χ0v) is 8.49. The Hall–Kier alpha value is -0.580. The van der Waals surface area contributed by atoms with Crippen LogP contribution in [0.4, 0.5) is 0 Å². The third-order valence-corrected chi connectivity index (χ3v) is 2.41. The number of aliphatic hydroxyl groups excluding tert-OH is 4. The lowest BCUT2D eigenvalue weighted by Gasteiger charge is -2.22. The highest BCUT2D eigenvalue weighted by Gasteiger charge is 2.38. The molecule has 90 valence electrons. The van der Waals surface area contributed by atoms with Gasteiger partial charge in [0, 0.05) is 0 Å². The maximum atomic E-state index is 10.7. The molecule has 0 bridgehead atoms. The Morgan fingerprint density at radius 1 is 1.07 bits per heavy atom. The summed E-state index contributed by atoms with van der Waals surface area (Å²) in [5.41, 5.74) is 0. The first-order chi connectivity index (χ1) is 6.59. The van der Waals surface area contributed by atoms with Gasteiger partial charge in [0.1, 0.15) is 12.2 Å². The Morgan fingerprint density at radius 3 is 1.73 bits per heavy atom.